The molecule has 2 aromatic rings. The molecular formula is C17H24N4O2. The Labute approximate surface area is 136 Å². The van der Waals surface area contributed by atoms with Crippen LogP contribution in [-0.4, -0.2) is 45.4 Å². The van der Waals surface area contributed by atoms with Crippen LogP contribution >= 0.6 is 0 Å². The van der Waals surface area contributed by atoms with Gasteiger partial charge in [0.2, 0.25) is 0 Å². The molecule has 0 aliphatic heterocycles. The first kappa shape index (κ1) is 17.0. The average Bonchev–Trinajstić information content (AvgIpc) is 2.92. The Kier molecular flexibility index (Phi) is 6.17. The summed E-state index contributed by atoms with van der Waals surface area (Å²) in [4.78, 5) is 14.0. The van der Waals surface area contributed by atoms with E-state index in [1.54, 1.807) is 4.90 Å². The highest BCUT2D eigenvalue weighted by atomic mass is 16.3. The number of aromatic nitrogens is 2. The number of aliphatic hydroxyl groups is 1. The molecule has 0 bridgehead atoms. The summed E-state index contributed by atoms with van der Waals surface area (Å²) in [6, 6.07) is 11.5. The summed E-state index contributed by atoms with van der Waals surface area (Å²) in [6.45, 7) is 4.60. The highest BCUT2D eigenvalue weighted by Gasteiger charge is 2.16. The van der Waals surface area contributed by atoms with E-state index >= 15 is 0 Å². The van der Waals surface area contributed by atoms with Gasteiger partial charge in [0.15, 0.2) is 0 Å². The molecule has 1 unspecified atom stereocenters. The summed E-state index contributed by atoms with van der Waals surface area (Å²) in [5.74, 6) is 0. The number of carbonyl (C=O) groups excluding carboxylic acids is 1. The minimum Gasteiger partial charge on any atom is -0.395 e. The van der Waals surface area contributed by atoms with Crippen molar-refractivity contribution in [3.63, 3.8) is 0 Å². The number of amides is 2. The Morgan fingerprint density at radius 1 is 1.39 bits per heavy atom. The molecule has 0 saturated carbocycles. The van der Waals surface area contributed by atoms with Crippen molar-refractivity contribution in [2.45, 2.75) is 32.9 Å². The molecule has 1 heterocycles. The molecule has 0 spiro atoms. The molecule has 23 heavy (non-hydrogen) atoms. The van der Waals surface area contributed by atoms with Gasteiger partial charge in [-0.15, -0.1) is 0 Å². The molecule has 1 aromatic heterocycles. The van der Waals surface area contributed by atoms with Crippen molar-refractivity contribution in [1.29, 1.82) is 0 Å². The molecule has 2 rings (SSSR count). The number of nitrogens with zero attached hydrogens (tertiary/aromatic N) is 2. The largest absolute Gasteiger partial charge is 0.395 e. The molecule has 1 atom stereocenters. The number of nitrogens with one attached hydrogen (secondary N) is 2. The number of aliphatic hydroxyl groups excluding tert-OH is 1. The summed E-state index contributed by atoms with van der Waals surface area (Å²) in [5.41, 5.74) is 2.96. The third-order valence-corrected chi connectivity index (χ3v) is 3.52. The van der Waals surface area contributed by atoms with Gasteiger partial charge in [-0.05, 0) is 25.5 Å². The molecule has 0 saturated heterocycles. The van der Waals surface area contributed by atoms with Crippen molar-refractivity contribution in [2.24, 2.45) is 0 Å². The van der Waals surface area contributed by atoms with Crippen LogP contribution in [0.3, 0.4) is 0 Å². The van der Waals surface area contributed by atoms with Crippen LogP contribution in [0.4, 0.5) is 4.79 Å². The molecule has 0 radical (unpaired) electrons. The third-order valence-electron chi connectivity index (χ3n) is 3.52. The molecule has 0 fully saturated rings. The topological polar surface area (TPSA) is 81.2 Å². The summed E-state index contributed by atoms with van der Waals surface area (Å²) in [6.07, 6.45) is 0.661. The lowest BCUT2D eigenvalue weighted by atomic mass is 10.2. The van der Waals surface area contributed by atoms with Crippen molar-refractivity contribution >= 4 is 6.03 Å². The van der Waals surface area contributed by atoms with Crippen LogP contribution in [0.5, 0.6) is 0 Å². The number of hydrogen-bond donors (Lipinski definition) is 3. The highest BCUT2D eigenvalue weighted by Crippen LogP contribution is 2.06. The number of benzene rings is 1. The van der Waals surface area contributed by atoms with Crippen LogP contribution in [0, 0.1) is 6.92 Å². The van der Waals surface area contributed by atoms with Gasteiger partial charge >= 0.3 is 6.03 Å². The van der Waals surface area contributed by atoms with Crippen molar-refractivity contribution in [3.8, 4) is 0 Å². The first-order chi connectivity index (χ1) is 11.1. The highest BCUT2D eigenvalue weighted by molar-refractivity contribution is 5.74. The second-order valence-corrected chi connectivity index (χ2v) is 5.73. The molecule has 3 N–H and O–H groups in total. The van der Waals surface area contributed by atoms with Gasteiger partial charge in [-0.25, -0.2) is 4.79 Å². The Bertz CT molecular complexity index is 612. The lowest BCUT2D eigenvalue weighted by Crippen LogP contribution is -2.45. The van der Waals surface area contributed by atoms with Gasteiger partial charge in [0, 0.05) is 31.2 Å². The lowest BCUT2D eigenvalue weighted by molar-refractivity contribution is 0.171. The van der Waals surface area contributed by atoms with E-state index in [0.29, 0.717) is 19.5 Å². The minimum absolute atomic E-state index is 0.0397. The van der Waals surface area contributed by atoms with E-state index in [0.717, 1.165) is 17.0 Å². The predicted octanol–water partition coefficient (Wildman–Crippen LogP) is 1.85. The van der Waals surface area contributed by atoms with Crippen LogP contribution in [0.1, 0.15) is 23.9 Å². The zero-order chi connectivity index (χ0) is 16.7. The maximum Gasteiger partial charge on any atom is 0.317 e. The summed E-state index contributed by atoms with van der Waals surface area (Å²) in [5, 5.41) is 19.2. The van der Waals surface area contributed by atoms with Crippen LogP contribution in [0.2, 0.25) is 0 Å². The van der Waals surface area contributed by atoms with Crippen molar-refractivity contribution in [3.05, 3.63) is 53.3 Å². The fourth-order valence-corrected chi connectivity index (χ4v) is 2.42. The maximum absolute atomic E-state index is 12.4. The Hall–Kier alpha value is -2.34. The van der Waals surface area contributed by atoms with Gasteiger partial charge < -0.3 is 15.3 Å². The molecule has 0 aliphatic carbocycles. The average molecular weight is 316 g/mol. The second-order valence-electron chi connectivity index (χ2n) is 5.73. The van der Waals surface area contributed by atoms with E-state index in [4.69, 9.17) is 0 Å². The maximum atomic E-state index is 12.4. The van der Waals surface area contributed by atoms with Gasteiger partial charge in [-0.1, -0.05) is 30.3 Å². The first-order valence-electron chi connectivity index (χ1n) is 7.79. The number of hydrogen-bond acceptors (Lipinski definition) is 3. The third kappa shape index (κ3) is 5.41. The molecule has 6 nitrogen and oxygen atoms in total. The number of aromatic amines is 1. The molecule has 2 amide bonds. The smallest absolute Gasteiger partial charge is 0.317 e. The zero-order valence-corrected chi connectivity index (χ0v) is 13.6. The monoisotopic (exact) mass is 316 g/mol. The van der Waals surface area contributed by atoms with E-state index in [1.165, 1.54) is 0 Å². The number of aryl methyl sites for hydroxylation is 1. The minimum atomic E-state index is -0.178. The fourth-order valence-electron chi connectivity index (χ4n) is 2.42. The summed E-state index contributed by atoms with van der Waals surface area (Å²) in [7, 11) is 0. The standard InChI is InChI=1S/C17H24N4O2/c1-13(10-16-11-14(2)19-20-16)18-17(23)21(8-9-22)12-15-6-4-3-5-7-15/h3-7,11,13,22H,8-10,12H2,1-2H3,(H,18,23)(H,19,20). The Morgan fingerprint density at radius 3 is 2.74 bits per heavy atom. The van der Waals surface area contributed by atoms with E-state index in [1.807, 2.05) is 50.2 Å². The van der Waals surface area contributed by atoms with Crippen LogP contribution in [0.15, 0.2) is 36.4 Å². The molecule has 1 aromatic carbocycles. The van der Waals surface area contributed by atoms with E-state index in [9.17, 15) is 9.90 Å². The molecule has 0 aliphatic rings. The predicted molar refractivity (Wildman–Crippen MR) is 89.0 cm³/mol. The number of urea groups is 1. The van der Waals surface area contributed by atoms with Gasteiger partial charge in [-0.3, -0.25) is 5.10 Å². The normalized spacial score (nSPS) is 12.0. The molecule has 6 heteroatoms. The van der Waals surface area contributed by atoms with Gasteiger partial charge in [0.25, 0.3) is 0 Å². The Balaban J connectivity index is 1.91. The van der Waals surface area contributed by atoms with Crippen molar-refractivity contribution < 1.29 is 9.90 Å². The van der Waals surface area contributed by atoms with E-state index < -0.39 is 0 Å². The quantitative estimate of drug-likeness (QED) is 0.729. The summed E-state index contributed by atoms with van der Waals surface area (Å²) >= 11 is 0. The van der Waals surface area contributed by atoms with E-state index in [-0.39, 0.29) is 18.7 Å². The SMILES string of the molecule is Cc1cc(CC(C)NC(=O)N(CCO)Cc2ccccc2)n[nH]1. The van der Waals surface area contributed by atoms with Gasteiger partial charge in [0.05, 0.1) is 12.3 Å². The number of rotatable bonds is 7. The Morgan fingerprint density at radius 2 is 2.13 bits per heavy atom. The lowest BCUT2D eigenvalue weighted by Gasteiger charge is -2.24. The van der Waals surface area contributed by atoms with Gasteiger partial charge in [-0.2, -0.15) is 5.10 Å². The van der Waals surface area contributed by atoms with Crippen LogP contribution in [0.25, 0.3) is 0 Å². The van der Waals surface area contributed by atoms with Gasteiger partial charge in [0.1, 0.15) is 0 Å². The molecule has 124 valence electrons. The fraction of sp³-hybridized carbons (Fsp3) is 0.412. The number of carbonyl (C=O) groups is 1. The first-order valence-corrected chi connectivity index (χ1v) is 7.79. The second kappa shape index (κ2) is 8.33. The van der Waals surface area contributed by atoms with Crippen LogP contribution < -0.4 is 5.32 Å². The van der Waals surface area contributed by atoms with Crippen molar-refractivity contribution in [1.82, 2.24) is 20.4 Å². The van der Waals surface area contributed by atoms with Crippen LogP contribution in [-0.2, 0) is 13.0 Å². The zero-order valence-electron chi connectivity index (χ0n) is 13.6. The molecular weight excluding hydrogens is 292 g/mol. The number of H-pyrrole nitrogens is 1. The van der Waals surface area contributed by atoms with Crippen molar-refractivity contribution in [2.75, 3.05) is 13.2 Å². The summed E-state index contributed by atoms with van der Waals surface area (Å²) < 4.78 is 0. The van der Waals surface area contributed by atoms with E-state index in [2.05, 4.69) is 15.5 Å².